The van der Waals surface area contributed by atoms with Crippen molar-refractivity contribution in [3.63, 3.8) is 0 Å². The van der Waals surface area contributed by atoms with Crippen molar-refractivity contribution in [3.05, 3.63) is 60.4 Å². The molecule has 1 saturated heterocycles. The monoisotopic (exact) mass is 400 g/mol. The molecule has 0 aliphatic carbocycles. The number of rotatable bonds is 7. The van der Waals surface area contributed by atoms with Crippen LogP contribution in [-0.2, 0) is 22.8 Å². The topological polar surface area (TPSA) is 81.4 Å². The summed E-state index contributed by atoms with van der Waals surface area (Å²) in [4.78, 5) is 4.71. The average Bonchev–Trinajstić information content (AvgIpc) is 3.20. The Balaban J connectivity index is 1.51. The minimum atomic E-state index is -2.93. The number of hydrogen-bond donors (Lipinski definition) is 1. The van der Waals surface area contributed by atoms with Gasteiger partial charge in [-0.25, -0.2) is 13.4 Å². The van der Waals surface area contributed by atoms with Gasteiger partial charge in [-0.2, -0.15) is 0 Å². The van der Waals surface area contributed by atoms with Gasteiger partial charge < -0.3 is 14.4 Å². The number of sulfone groups is 1. The van der Waals surface area contributed by atoms with Gasteiger partial charge in [0.25, 0.3) is 0 Å². The zero-order chi connectivity index (χ0) is 19.6. The van der Waals surface area contributed by atoms with Gasteiger partial charge in [0.05, 0.1) is 29.1 Å². The fourth-order valence-corrected chi connectivity index (χ4v) is 5.61. The van der Waals surface area contributed by atoms with E-state index in [0.717, 1.165) is 16.9 Å². The third-order valence-corrected chi connectivity index (χ3v) is 6.95. The van der Waals surface area contributed by atoms with Gasteiger partial charge in [0.1, 0.15) is 24.3 Å². The van der Waals surface area contributed by atoms with E-state index in [9.17, 15) is 13.5 Å². The van der Waals surface area contributed by atoms with Crippen LogP contribution in [0.15, 0.2) is 54.6 Å². The van der Waals surface area contributed by atoms with Crippen LogP contribution in [0.5, 0.6) is 5.75 Å². The minimum Gasteiger partial charge on any atom is -0.491 e. The maximum absolute atomic E-state index is 11.8. The largest absolute Gasteiger partial charge is 0.491 e. The molecule has 0 bridgehead atoms. The van der Waals surface area contributed by atoms with Gasteiger partial charge in [-0.1, -0.05) is 30.3 Å². The molecule has 1 aromatic heterocycles. The fourth-order valence-electron chi connectivity index (χ4n) is 3.75. The average molecular weight is 401 g/mol. The van der Waals surface area contributed by atoms with Crippen LogP contribution in [0.1, 0.15) is 12.2 Å². The van der Waals surface area contributed by atoms with Crippen molar-refractivity contribution in [2.24, 2.45) is 5.92 Å². The third-order valence-electron chi connectivity index (χ3n) is 5.11. The van der Waals surface area contributed by atoms with Crippen molar-refractivity contribution >= 4 is 20.9 Å². The van der Waals surface area contributed by atoms with Crippen molar-refractivity contribution in [1.29, 1.82) is 0 Å². The smallest absolute Gasteiger partial charge is 0.150 e. The van der Waals surface area contributed by atoms with Crippen LogP contribution in [0.3, 0.4) is 0 Å². The lowest BCUT2D eigenvalue weighted by Crippen LogP contribution is -2.25. The Morgan fingerprint density at radius 2 is 1.89 bits per heavy atom. The van der Waals surface area contributed by atoms with Crippen LogP contribution in [0.4, 0.5) is 0 Å². The van der Waals surface area contributed by atoms with Gasteiger partial charge in [0.15, 0.2) is 9.84 Å². The molecule has 7 heteroatoms. The van der Waals surface area contributed by atoms with E-state index in [2.05, 4.69) is 0 Å². The molecule has 3 aromatic rings. The number of nitrogens with zero attached hydrogens (tertiary/aromatic N) is 2. The van der Waals surface area contributed by atoms with Gasteiger partial charge in [-0.3, -0.25) is 0 Å². The molecule has 0 spiro atoms. The molecule has 148 valence electrons. The van der Waals surface area contributed by atoms with Crippen LogP contribution >= 0.6 is 0 Å². The van der Waals surface area contributed by atoms with E-state index in [4.69, 9.17) is 9.72 Å². The first-order valence-electron chi connectivity index (χ1n) is 9.51. The summed E-state index contributed by atoms with van der Waals surface area (Å²) in [5.41, 5.74) is 1.80. The molecule has 6 nitrogen and oxygen atoms in total. The van der Waals surface area contributed by atoms with Gasteiger partial charge in [-0.15, -0.1) is 0 Å². The molecule has 0 amide bonds. The molecule has 0 radical (unpaired) electrons. The first-order valence-corrected chi connectivity index (χ1v) is 11.3. The van der Waals surface area contributed by atoms with Gasteiger partial charge in [0, 0.05) is 6.42 Å². The predicted molar refractivity (Wildman–Crippen MR) is 108 cm³/mol. The molecule has 0 saturated carbocycles. The lowest BCUT2D eigenvalue weighted by molar-refractivity contribution is 0.0926. The molecule has 2 heterocycles. The summed E-state index contributed by atoms with van der Waals surface area (Å²) in [5.74, 6) is 2.09. The lowest BCUT2D eigenvalue weighted by atomic mass is 10.1. The Morgan fingerprint density at radius 3 is 2.64 bits per heavy atom. The van der Waals surface area contributed by atoms with Crippen LogP contribution in [0, 0.1) is 5.92 Å². The first-order chi connectivity index (χ1) is 13.5. The fraction of sp³-hybridized carbons (Fsp3) is 0.381. The summed E-state index contributed by atoms with van der Waals surface area (Å²) in [7, 11) is -2.93. The Labute approximate surface area is 164 Å². The molecular weight excluding hydrogens is 376 g/mol. The molecule has 28 heavy (non-hydrogen) atoms. The maximum atomic E-state index is 11.8. The molecule has 1 fully saturated rings. The van der Waals surface area contributed by atoms with E-state index in [1.807, 2.05) is 59.2 Å². The summed E-state index contributed by atoms with van der Waals surface area (Å²) >= 11 is 0. The highest BCUT2D eigenvalue weighted by molar-refractivity contribution is 7.91. The van der Waals surface area contributed by atoms with E-state index in [1.54, 1.807) is 0 Å². The summed E-state index contributed by atoms with van der Waals surface area (Å²) in [6, 6.07) is 17.2. The van der Waals surface area contributed by atoms with Crippen molar-refractivity contribution in [2.45, 2.75) is 25.5 Å². The van der Waals surface area contributed by atoms with Gasteiger partial charge >= 0.3 is 0 Å². The summed E-state index contributed by atoms with van der Waals surface area (Å²) in [6.07, 6.45) is 0.564. The zero-order valence-electron chi connectivity index (χ0n) is 15.6. The number of fused-ring (bicyclic) bond motifs is 1. The molecule has 4 rings (SSSR count). The van der Waals surface area contributed by atoms with Gasteiger partial charge in [0.2, 0.25) is 0 Å². The molecule has 2 atom stereocenters. The molecule has 2 aromatic carbocycles. The quantitative estimate of drug-likeness (QED) is 0.659. The summed E-state index contributed by atoms with van der Waals surface area (Å²) < 4.78 is 31.3. The van der Waals surface area contributed by atoms with E-state index < -0.39 is 15.9 Å². The second kappa shape index (κ2) is 7.93. The normalized spacial score (nSPS) is 19.7. The number of aliphatic hydroxyl groups excluding tert-OH is 1. The first kappa shape index (κ1) is 19.0. The standard InChI is InChI=1S/C21H24N2O4S/c24-17(14-27-18-6-2-1-3-7-18)13-23-20-9-5-4-8-19(20)22-21(23)12-16-10-11-28(25,26)15-16/h1-9,16-17,24H,10-15H2. The summed E-state index contributed by atoms with van der Waals surface area (Å²) in [5, 5.41) is 10.5. The number of aliphatic hydroxyl groups is 1. The van der Waals surface area contributed by atoms with E-state index in [1.165, 1.54) is 0 Å². The lowest BCUT2D eigenvalue weighted by Gasteiger charge is -2.16. The number of para-hydroxylation sites is 3. The van der Waals surface area contributed by atoms with Crippen molar-refractivity contribution in [2.75, 3.05) is 18.1 Å². The van der Waals surface area contributed by atoms with Crippen molar-refractivity contribution < 1.29 is 18.3 Å². The predicted octanol–water partition coefficient (Wildman–Crippen LogP) is 2.45. The molecule has 2 unspecified atom stereocenters. The highest BCUT2D eigenvalue weighted by Crippen LogP contribution is 2.25. The summed E-state index contributed by atoms with van der Waals surface area (Å²) in [6.45, 7) is 0.524. The number of ether oxygens (including phenoxy) is 1. The number of aromatic nitrogens is 2. The number of hydrogen-bond acceptors (Lipinski definition) is 5. The van der Waals surface area contributed by atoms with E-state index >= 15 is 0 Å². The zero-order valence-corrected chi connectivity index (χ0v) is 16.4. The minimum absolute atomic E-state index is 0.0817. The second-order valence-corrected chi connectivity index (χ2v) is 9.61. The number of imidazole rings is 1. The second-order valence-electron chi connectivity index (χ2n) is 7.38. The van der Waals surface area contributed by atoms with Crippen LogP contribution in [-0.4, -0.2) is 47.3 Å². The highest BCUT2D eigenvalue weighted by atomic mass is 32.2. The molecular formula is C21H24N2O4S. The van der Waals surface area contributed by atoms with Crippen molar-refractivity contribution in [1.82, 2.24) is 9.55 Å². The Hall–Kier alpha value is -2.38. The highest BCUT2D eigenvalue weighted by Gasteiger charge is 2.29. The van der Waals surface area contributed by atoms with Gasteiger partial charge in [-0.05, 0) is 36.6 Å². The molecule has 1 aliphatic rings. The SMILES string of the molecule is O=S1(=O)CCC(Cc2nc3ccccc3n2CC(O)COc2ccccc2)C1. The Morgan fingerprint density at radius 1 is 1.14 bits per heavy atom. The van der Waals surface area contributed by atoms with E-state index in [-0.39, 0.29) is 24.0 Å². The Kier molecular flexibility index (Phi) is 5.37. The van der Waals surface area contributed by atoms with E-state index in [0.29, 0.717) is 25.1 Å². The third kappa shape index (κ3) is 4.36. The number of benzene rings is 2. The molecule has 1 N–H and O–H groups in total. The van der Waals surface area contributed by atoms with Crippen LogP contribution in [0.2, 0.25) is 0 Å². The van der Waals surface area contributed by atoms with Crippen LogP contribution < -0.4 is 4.74 Å². The van der Waals surface area contributed by atoms with Crippen LogP contribution in [0.25, 0.3) is 11.0 Å². The molecule has 1 aliphatic heterocycles. The Bertz CT molecular complexity index is 1050. The van der Waals surface area contributed by atoms with Crippen molar-refractivity contribution in [3.8, 4) is 5.75 Å². The maximum Gasteiger partial charge on any atom is 0.150 e.